The second-order valence-corrected chi connectivity index (χ2v) is 6.71. The van der Waals surface area contributed by atoms with E-state index in [1.165, 1.54) is 0 Å². The summed E-state index contributed by atoms with van der Waals surface area (Å²) in [6.07, 6.45) is 3.61. The molecule has 1 atom stereocenters. The van der Waals surface area contributed by atoms with Crippen molar-refractivity contribution in [2.75, 3.05) is 13.2 Å². The van der Waals surface area contributed by atoms with E-state index in [2.05, 4.69) is 5.32 Å². The maximum atomic E-state index is 12.3. The van der Waals surface area contributed by atoms with Crippen LogP contribution in [-0.2, 0) is 9.59 Å². The van der Waals surface area contributed by atoms with Crippen molar-refractivity contribution in [2.45, 2.75) is 37.8 Å². The fraction of sp³-hybridized carbons (Fsp3) is 0.500. The molecule has 2 amide bonds. The first-order chi connectivity index (χ1) is 11.0. The standard InChI is InChI=1S/C16H18Cl2N2O3/c17-12-6-5-11(8-13(12)18)23-9-15(21)20-7-1-2-14(20)16(22)19-10-3-4-10/h5-6,8,10,14H,1-4,7,9H2,(H,19,22)/t14-/m1/s1. The Kier molecular flexibility index (Phi) is 4.97. The first kappa shape index (κ1) is 16.4. The van der Waals surface area contributed by atoms with Crippen molar-refractivity contribution in [3.05, 3.63) is 28.2 Å². The molecule has 0 unspecified atom stereocenters. The molecule has 7 heteroatoms. The van der Waals surface area contributed by atoms with Crippen LogP contribution in [0.2, 0.25) is 10.0 Å². The highest BCUT2D eigenvalue weighted by Crippen LogP contribution is 2.27. The first-order valence-corrected chi connectivity index (χ1v) is 8.48. The highest BCUT2D eigenvalue weighted by molar-refractivity contribution is 6.42. The third-order valence-electron chi connectivity index (χ3n) is 4.05. The second-order valence-electron chi connectivity index (χ2n) is 5.89. The minimum atomic E-state index is -0.375. The molecule has 0 aromatic heterocycles. The maximum Gasteiger partial charge on any atom is 0.261 e. The van der Waals surface area contributed by atoms with Crippen molar-refractivity contribution in [3.8, 4) is 5.75 Å². The van der Waals surface area contributed by atoms with Crippen LogP contribution in [0.25, 0.3) is 0 Å². The van der Waals surface area contributed by atoms with Crippen LogP contribution in [0.3, 0.4) is 0 Å². The fourth-order valence-electron chi connectivity index (χ4n) is 2.66. The average Bonchev–Trinajstić information content (AvgIpc) is 3.20. The van der Waals surface area contributed by atoms with Crippen molar-refractivity contribution in [3.63, 3.8) is 0 Å². The van der Waals surface area contributed by atoms with Gasteiger partial charge >= 0.3 is 0 Å². The first-order valence-electron chi connectivity index (χ1n) is 7.72. The van der Waals surface area contributed by atoms with Gasteiger partial charge in [-0.25, -0.2) is 0 Å². The Morgan fingerprint density at radius 1 is 1.22 bits per heavy atom. The SMILES string of the molecule is O=C(NC1CC1)[C@H]1CCCN1C(=O)COc1ccc(Cl)c(Cl)c1. The molecule has 0 spiro atoms. The number of nitrogens with one attached hydrogen (secondary N) is 1. The quantitative estimate of drug-likeness (QED) is 0.882. The van der Waals surface area contributed by atoms with E-state index >= 15 is 0 Å². The van der Waals surface area contributed by atoms with Crippen LogP contribution < -0.4 is 10.1 Å². The van der Waals surface area contributed by atoms with Gasteiger partial charge in [0.2, 0.25) is 5.91 Å². The molecular formula is C16H18Cl2N2O3. The summed E-state index contributed by atoms with van der Waals surface area (Å²) in [4.78, 5) is 26.1. The monoisotopic (exact) mass is 356 g/mol. The van der Waals surface area contributed by atoms with Crippen molar-refractivity contribution in [1.82, 2.24) is 10.2 Å². The number of nitrogens with zero attached hydrogens (tertiary/aromatic N) is 1. The predicted molar refractivity (Wildman–Crippen MR) is 87.9 cm³/mol. The third kappa shape index (κ3) is 4.09. The van der Waals surface area contributed by atoms with Gasteiger partial charge < -0.3 is 15.0 Å². The Morgan fingerprint density at radius 3 is 2.70 bits per heavy atom. The Bertz CT molecular complexity index is 619. The topological polar surface area (TPSA) is 58.6 Å². The molecule has 1 saturated carbocycles. The van der Waals surface area contributed by atoms with Crippen LogP contribution in [0.15, 0.2) is 18.2 Å². The smallest absolute Gasteiger partial charge is 0.261 e. The van der Waals surface area contributed by atoms with E-state index in [-0.39, 0.29) is 24.5 Å². The zero-order valence-electron chi connectivity index (χ0n) is 12.6. The summed E-state index contributed by atoms with van der Waals surface area (Å²) in [5.41, 5.74) is 0. The Morgan fingerprint density at radius 2 is 2.00 bits per heavy atom. The lowest BCUT2D eigenvalue weighted by Crippen LogP contribution is -2.47. The van der Waals surface area contributed by atoms with E-state index in [1.807, 2.05) is 0 Å². The highest BCUT2D eigenvalue weighted by Gasteiger charge is 2.36. The Labute approximate surface area is 144 Å². The molecule has 5 nitrogen and oxygen atoms in total. The summed E-state index contributed by atoms with van der Waals surface area (Å²) < 4.78 is 5.47. The van der Waals surface area contributed by atoms with E-state index in [4.69, 9.17) is 27.9 Å². The normalized spacial score (nSPS) is 20.4. The molecule has 1 N–H and O–H groups in total. The predicted octanol–water partition coefficient (Wildman–Crippen LogP) is 2.64. The van der Waals surface area contributed by atoms with Crippen LogP contribution in [-0.4, -0.2) is 41.9 Å². The van der Waals surface area contributed by atoms with E-state index in [0.29, 0.717) is 34.8 Å². The molecule has 23 heavy (non-hydrogen) atoms. The molecule has 1 aromatic carbocycles. The number of hydrogen-bond acceptors (Lipinski definition) is 3. The number of likely N-dealkylation sites (tertiary alicyclic amines) is 1. The highest BCUT2D eigenvalue weighted by atomic mass is 35.5. The molecule has 1 heterocycles. The van der Waals surface area contributed by atoms with Gasteiger partial charge in [-0.2, -0.15) is 0 Å². The number of hydrogen-bond donors (Lipinski definition) is 1. The Balaban J connectivity index is 1.55. The lowest BCUT2D eigenvalue weighted by Gasteiger charge is -2.24. The number of benzene rings is 1. The minimum absolute atomic E-state index is 0.0483. The lowest BCUT2D eigenvalue weighted by molar-refractivity contribution is -0.140. The fourth-order valence-corrected chi connectivity index (χ4v) is 2.95. The summed E-state index contributed by atoms with van der Waals surface area (Å²) in [5, 5.41) is 3.77. The van der Waals surface area contributed by atoms with Gasteiger partial charge in [-0.05, 0) is 37.8 Å². The van der Waals surface area contributed by atoms with Gasteiger partial charge in [0.05, 0.1) is 10.0 Å². The largest absolute Gasteiger partial charge is 0.484 e. The van der Waals surface area contributed by atoms with Gasteiger partial charge in [-0.1, -0.05) is 23.2 Å². The van der Waals surface area contributed by atoms with Gasteiger partial charge in [0.25, 0.3) is 5.91 Å². The van der Waals surface area contributed by atoms with Gasteiger partial charge in [0.15, 0.2) is 6.61 Å². The third-order valence-corrected chi connectivity index (χ3v) is 4.79. The molecule has 0 radical (unpaired) electrons. The zero-order chi connectivity index (χ0) is 16.4. The second kappa shape index (κ2) is 6.97. The molecular weight excluding hydrogens is 339 g/mol. The van der Waals surface area contributed by atoms with Gasteiger partial charge in [0.1, 0.15) is 11.8 Å². The van der Waals surface area contributed by atoms with Crippen molar-refractivity contribution in [1.29, 1.82) is 0 Å². The molecule has 124 valence electrons. The van der Waals surface area contributed by atoms with Crippen LogP contribution in [0.1, 0.15) is 25.7 Å². The van der Waals surface area contributed by atoms with E-state index < -0.39 is 0 Å². The Hall–Kier alpha value is -1.46. The van der Waals surface area contributed by atoms with Crippen LogP contribution >= 0.6 is 23.2 Å². The van der Waals surface area contributed by atoms with Crippen LogP contribution in [0, 0.1) is 0 Å². The summed E-state index contributed by atoms with van der Waals surface area (Å²) in [6, 6.07) is 4.76. The molecule has 1 saturated heterocycles. The zero-order valence-corrected chi connectivity index (χ0v) is 14.1. The lowest BCUT2D eigenvalue weighted by atomic mass is 10.2. The summed E-state index contributed by atoms with van der Waals surface area (Å²) in [5.74, 6) is 0.239. The number of ether oxygens (including phenoxy) is 1. The summed E-state index contributed by atoms with van der Waals surface area (Å²) in [6.45, 7) is 0.470. The van der Waals surface area contributed by atoms with E-state index in [0.717, 1.165) is 19.3 Å². The van der Waals surface area contributed by atoms with Crippen LogP contribution in [0.4, 0.5) is 0 Å². The van der Waals surface area contributed by atoms with E-state index in [9.17, 15) is 9.59 Å². The molecule has 1 aliphatic heterocycles. The number of carbonyl (C=O) groups excluding carboxylic acids is 2. The number of rotatable bonds is 5. The van der Waals surface area contributed by atoms with Gasteiger partial charge in [-0.3, -0.25) is 9.59 Å². The minimum Gasteiger partial charge on any atom is -0.484 e. The van der Waals surface area contributed by atoms with Crippen molar-refractivity contribution in [2.24, 2.45) is 0 Å². The van der Waals surface area contributed by atoms with Crippen LogP contribution in [0.5, 0.6) is 5.75 Å². The summed E-state index contributed by atoms with van der Waals surface area (Å²) in [7, 11) is 0. The number of amides is 2. The molecule has 0 bridgehead atoms. The molecule has 2 fully saturated rings. The van der Waals surface area contributed by atoms with Crippen molar-refractivity contribution >= 4 is 35.0 Å². The summed E-state index contributed by atoms with van der Waals surface area (Å²) >= 11 is 11.8. The average molecular weight is 357 g/mol. The molecule has 3 rings (SSSR count). The molecule has 1 aromatic rings. The van der Waals surface area contributed by atoms with Gasteiger partial charge in [0, 0.05) is 18.7 Å². The van der Waals surface area contributed by atoms with E-state index in [1.54, 1.807) is 23.1 Å². The van der Waals surface area contributed by atoms with Gasteiger partial charge in [-0.15, -0.1) is 0 Å². The van der Waals surface area contributed by atoms with Crippen molar-refractivity contribution < 1.29 is 14.3 Å². The molecule has 1 aliphatic carbocycles. The number of carbonyl (C=O) groups is 2. The number of halogens is 2. The molecule has 2 aliphatic rings. The maximum absolute atomic E-state index is 12.3.